The summed E-state index contributed by atoms with van der Waals surface area (Å²) in [6.07, 6.45) is 8.42. The van der Waals surface area contributed by atoms with Gasteiger partial charge in [0.25, 0.3) is 5.91 Å². The minimum atomic E-state index is -0.910. The lowest BCUT2D eigenvalue weighted by Gasteiger charge is -2.31. The van der Waals surface area contributed by atoms with Gasteiger partial charge in [0.15, 0.2) is 5.82 Å². The van der Waals surface area contributed by atoms with E-state index in [9.17, 15) is 18.4 Å². The van der Waals surface area contributed by atoms with Gasteiger partial charge in [-0.2, -0.15) is 4.98 Å². The average molecular weight is 616 g/mol. The van der Waals surface area contributed by atoms with Crippen LogP contribution in [0.15, 0.2) is 72.0 Å². The molecule has 1 aromatic heterocycles. The van der Waals surface area contributed by atoms with E-state index < -0.39 is 23.4 Å². The molecule has 9 nitrogen and oxygen atoms in total. The molecule has 3 N–H and O–H groups in total. The van der Waals surface area contributed by atoms with Gasteiger partial charge in [0.2, 0.25) is 5.95 Å². The highest BCUT2D eigenvalue weighted by Crippen LogP contribution is 2.39. The number of para-hydroxylation sites is 1. The normalized spacial score (nSPS) is 14.0. The first kappa shape index (κ1) is 33.0. The Morgan fingerprint density at radius 2 is 1.80 bits per heavy atom. The molecule has 2 aliphatic rings. The van der Waals surface area contributed by atoms with Crippen molar-refractivity contribution in [3.8, 4) is 11.3 Å². The van der Waals surface area contributed by atoms with Gasteiger partial charge in [0, 0.05) is 35.5 Å². The van der Waals surface area contributed by atoms with E-state index in [1.165, 1.54) is 6.07 Å². The second-order valence-corrected chi connectivity index (χ2v) is 10.7. The van der Waals surface area contributed by atoms with Gasteiger partial charge < -0.3 is 20.9 Å². The summed E-state index contributed by atoms with van der Waals surface area (Å²) in [5, 5.41) is 8.86. The molecule has 0 saturated carbocycles. The molecular weight excluding hydrogens is 576 g/mol. The van der Waals surface area contributed by atoms with Crippen molar-refractivity contribution in [3.63, 3.8) is 0 Å². The van der Waals surface area contributed by atoms with Crippen LogP contribution in [0.1, 0.15) is 48.7 Å². The largest absolute Gasteiger partial charge is 0.353 e. The van der Waals surface area contributed by atoms with Gasteiger partial charge in [-0.1, -0.05) is 44.2 Å². The smallest absolute Gasteiger partial charge is 0.328 e. The fourth-order valence-corrected chi connectivity index (χ4v) is 4.85. The van der Waals surface area contributed by atoms with Crippen LogP contribution >= 0.6 is 0 Å². The molecule has 0 atom stereocenters. The molecule has 0 unspecified atom stereocenters. The number of amides is 3. The summed E-state index contributed by atoms with van der Waals surface area (Å²) in [6.45, 7) is 9.01. The Morgan fingerprint density at radius 1 is 1.07 bits per heavy atom. The number of carbonyl (C=O) groups excluding carboxylic acids is 2. The van der Waals surface area contributed by atoms with E-state index in [2.05, 4.69) is 20.9 Å². The van der Waals surface area contributed by atoms with Crippen molar-refractivity contribution in [2.45, 2.75) is 40.7 Å². The zero-order valence-electron chi connectivity index (χ0n) is 26.5. The lowest BCUT2D eigenvalue weighted by atomic mass is 9.97. The molecule has 0 fully saturated rings. The molecule has 11 heteroatoms. The van der Waals surface area contributed by atoms with Gasteiger partial charge >= 0.3 is 6.03 Å². The summed E-state index contributed by atoms with van der Waals surface area (Å²) in [5.41, 5.74) is 3.94. The molecule has 1 aliphatic heterocycles. The van der Waals surface area contributed by atoms with Crippen LogP contribution in [0.3, 0.4) is 0 Å². The van der Waals surface area contributed by atoms with E-state index in [0.717, 1.165) is 40.3 Å². The molecule has 0 bridgehead atoms. The third-order valence-electron chi connectivity index (χ3n) is 7.22. The summed E-state index contributed by atoms with van der Waals surface area (Å²) in [7, 11) is 3.85. The fraction of sp³-hybridized carbons (Fsp3) is 0.294. The van der Waals surface area contributed by atoms with Gasteiger partial charge in [0.05, 0.1) is 12.2 Å². The van der Waals surface area contributed by atoms with Crippen LogP contribution in [0, 0.1) is 18.6 Å². The van der Waals surface area contributed by atoms with Crippen molar-refractivity contribution in [2.75, 3.05) is 37.4 Å². The summed E-state index contributed by atoms with van der Waals surface area (Å²) in [4.78, 5) is 38.7. The summed E-state index contributed by atoms with van der Waals surface area (Å²) >= 11 is 0. The molecular formula is C34H39F2N7O2. The fourth-order valence-electron chi connectivity index (χ4n) is 4.85. The molecule has 5 rings (SSSR count). The summed E-state index contributed by atoms with van der Waals surface area (Å²) < 4.78 is 30.0. The molecule has 2 aromatic carbocycles. The highest BCUT2D eigenvalue weighted by atomic mass is 19.1. The Hall–Kier alpha value is -4.90. The Bertz CT molecular complexity index is 1660. The van der Waals surface area contributed by atoms with Crippen LogP contribution < -0.4 is 20.9 Å². The predicted octanol–water partition coefficient (Wildman–Crippen LogP) is 6.61. The first-order chi connectivity index (χ1) is 21.6. The maximum Gasteiger partial charge on any atom is 0.328 e. The molecule has 0 saturated heterocycles. The van der Waals surface area contributed by atoms with Crippen molar-refractivity contribution in [3.05, 3.63) is 100 Å². The number of nitrogens with zero attached hydrogens (tertiary/aromatic N) is 4. The summed E-state index contributed by atoms with van der Waals surface area (Å²) in [6, 6.07) is 7.96. The molecule has 0 spiro atoms. The van der Waals surface area contributed by atoms with Crippen molar-refractivity contribution in [1.29, 1.82) is 0 Å². The van der Waals surface area contributed by atoms with Gasteiger partial charge in [-0.25, -0.2) is 23.5 Å². The molecule has 236 valence electrons. The van der Waals surface area contributed by atoms with Crippen molar-refractivity contribution in [2.24, 2.45) is 0 Å². The van der Waals surface area contributed by atoms with Crippen molar-refractivity contribution < 1.29 is 18.4 Å². The zero-order valence-corrected chi connectivity index (χ0v) is 26.5. The first-order valence-electron chi connectivity index (χ1n) is 14.9. The van der Waals surface area contributed by atoms with Gasteiger partial charge in [-0.05, 0) is 75.8 Å². The Kier molecular flexibility index (Phi) is 10.8. The molecule has 45 heavy (non-hydrogen) atoms. The number of nitrogens with one attached hydrogen (secondary N) is 3. The topological polar surface area (TPSA) is 102 Å². The number of hydrogen-bond donors (Lipinski definition) is 3. The second-order valence-electron chi connectivity index (χ2n) is 10.7. The zero-order chi connectivity index (χ0) is 32.7. The SMILES string of the molecule is CC.CC1=C(NC(=O)c2ccc(C)c(-c3nc(NCCN(C)C)nc4c3CNC(=O)N4c3c(F)cccc3F)c2)C=CC=CC1. The predicted molar refractivity (Wildman–Crippen MR) is 174 cm³/mol. The number of rotatable bonds is 8. The molecule has 0 radical (unpaired) electrons. The van der Waals surface area contributed by atoms with E-state index >= 15 is 0 Å². The molecule has 3 amide bonds. The van der Waals surface area contributed by atoms with Crippen LogP contribution in [0.2, 0.25) is 0 Å². The van der Waals surface area contributed by atoms with E-state index in [0.29, 0.717) is 35.5 Å². The van der Waals surface area contributed by atoms with Crippen molar-refractivity contribution >= 4 is 29.4 Å². The van der Waals surface area contributed by atoms with Crippen LogP contribution in [-0.2, 0) is 6.54 Å². The number of carbonyl (C=O) groups is 2. The third kappa shape index (κ3) is 7.43. The lowest BCUT2D eigenvalue weighted by molar-refractivity contribution is 0.0966. The van der Waals surface area contributed by atoms with Crippen LogP contribution in [0.5, 0.6) is 0 Å². The Balaban J connectivity index is 0.00000226. The number of halogens is 2. The Labute approximate surface area is 262 Å². The minimum Gasteiger partial charge on any atom is -0.353 e. The number of benzene rings is 2. The van der Waals surface area contributed by atoms with E-state index in [1.54, 1.807) is 12.1 Å². The number of fused-ring (bicyclic) bond motifs is 1. The average Bonchev–Trinajstić information content (AvgIpc) is 3.22. The second kappa shape index (κ2) is 14.7. The van der Waals surface area contributed by atoms with Gasteiger partial charge in [0.1, 0.15) is 17.3 Å². The number of likely N-dealkylation sites (N-methyl/N-ethyl adjacent to an activating group) is 1. The van der Waals surface area contributed by atoms with Gasteiger partial charge in [-0.15, -0.1) is 0 Å². The standard InChI is InChI=1S/C32H33F2N7O2.C2H6/c1-19-13-14-21(30(42)37-26-12-7-5-6-9-20(26)2)17-22(19)27-23-18-36-32(43)41(28-24(33)10-8-11-25(28)34)29(23)39-31(38-27)35-15-16-40(3)4;1-2/h5-8,10-14,17H,9,15-16,18H2,1-4H3,(H,36,43)(H,37,42)(H,35,38,39);1-2H3. The van der Waals surface area contributed by atoms with Crippen LogP contribution in [0.25, 0.3) is 11.3 Å². The Morgan fingerprint density at radius 3 is 2.51 bits per heavy atom. The minimum absolute atomic E-state index is 0.0216. The lowest BCUT2D eigenvalue weighted by Crippen LogP contribution is -2.43. The van der Waals surface area contributed by atoms with Crippen LogP contribution in [0.4, 0.5) is 31.0 Å². The maximum absolute atomic E-state index is 15.0. The number of aryl methyl sites for hydroxylation is 1. The number of hydrogen-bond acceptors (Lipinski definition) is 6. The molecule has 2 heterocycles. The molecule has 1 aliphatic carbocycles. The number of anilines is 3. The van der Waals surface area contributed by atoms with E-state index in [4.69, 9.17) is 4.98 Å². The number of urea groups is 1. The van der Waals surface area contributed by atoms with Gasteiger partial charge in [-0.3, -0.25) is 4.79 Å². The van der Waals surface area contributed by atoms with E-state index in [-0.39, 0.29) is 24.2 Å². The highest BCUT2D eigenvalue weighted by molar-refractivity contribution is 6.02. The molecule has 3 aromatic rings. The first-order valence-corrected chi connectivity index (χ1v) is 14.9. The number of allylic oxidation sites excluding steroid dienone is 5. The summed E-state index contributed by atoms with van der Waals surface area (Å²) in [5.74, 6) is -1.88. The number of aromatic nitrogens is 2. The van der Waals surface area contributed by atoms with Crippen molar-refractivity contribution in [1.82, 2.24) is 25.5 Å². The quantitative estimate of drug-likeness (QED) is 0.264. The van der Waals surface area contributed by atoms with E-state index in [1.807, 2.05) is 77.1 Å². The highest BCUT2D eigenvalue weighted by Gasteiger charge is 2.34. The third-order valence-corrected chi connectivity index (χ3v) is 7.22. The monoisotopic (exact) mass is 615 g/mol. The maximum atomic E-state index is 15.0. The van der Waals surface area contributed by atoms with Crippen LogP contribution in [-0.4, -0.2) is 54.0 Å².